The summed E-state index contributed by atoms with van der Waals surface area (Å²) in [5, 5.41) is 1.50. The second-order valence-corrected chi connectivity index (χ2v) is 1.87. The Kier molecular flexibility index (Phi) is 5.51. The van der Waals surface area contributed by atoms with Gasteiger partial charge in [0, 0.05) is 26.5 Å². The Morgan fingerprint density at radius 1 is 1.20 bits per heavy atom. The van der Waals surface area contributed by atoms with Gasteiger partial charge in [-0.3, -0.25) is 10.9 Å². The maximum atomic E-state index is 4.94. The predicted octanol–water partition coefficient (Wildman–Crippen LogP) is -0.102. The lowest BCUT2D eigenvalue weighted by Gasteiger charge is -1.91. The zero-order chi connectivity index (χ0) is 7.82. The third-order valence-electron chi connectivity index (χ3n) is 0.478. The summed E-state index contributed by atoms with van der Waals surface area (Å²) in [4.78, 5) is 7.35. The van der Waals surface area contributed by atoms with Crippen LogP contribution in [0.15, 0.2) is 24.8 Å². The number of nitrogens with two attached hydrogens (primary N) is 1. The Hall–Kier alpha value is -1.00. The molecule has 0 aliphatic heterocycles. The molecule has 0 fully saturated rings. The minimum absolute atomic E-state index is 1.50. The molecule has 0 saturated heterocycles. The van der Waals surface area contributed by atoms with E-state index >= 15 is 0 Å². The van der Waals surface area contributed by atoms with Crippen LogP contribution in [0.1, 0.15) is 0 Å². The third-order valence-corrected chi connectivity index (χ3v) is 0.478. The summed E-state index contributed by atoms with van der Waals surface area (Å²) >= 11 is 0. The Labute approximate surface area is 60.7 Å². The molecule has 1 heterocycles. The van der Waals surface area contributed by atoms with Crippen LogP contribution in [0.4, 0.5) is 0 Å². The highest BCUT2D eigenvalue weighted by molar-refractivity contribution is 4.74. The lowest BCUT2D eigenvalue weighted by Crippen LogP contribution is -2.18. The van der Waals surface area contributed by atoms with Crippen LogP contribution < -0.4 is 5.84 Å². The summed E-state index contributed by atoms with van der Waals surface area (Å²) in [6.45, 7) is 0. The highest BCUT2D eigenvalue weighted by Crippen LogP contribution is 1.66. The summed E-state index contributed by atoms with van der Waals surface area (Å²) in [6, 6.07) is 1.78. The molecule has 4 nitrogen and oxygen atoms in total. The molecule has 0 bridgehead atoms. The van der Waals surface area contributed by atoms with Gasteiger partial charge in [0.05, 0.1) is 0 Å². The summed E-state index contributed by atoms with van der Waals surface area (Å²) in [5.74, 6) is 4.94. The molecular weight excluding hydrogens is 128 g/mol. The van der Waals surface area contributed by atoms with Crippen molar-refractivity contribution >= 4 is 0 Å². The fourth-order valence-electron chi connectivity index (χ4n) is 0.253. The van der Waals surface area contributed by atoms with Crippen molar-refractivity contribution in [1.29, 1.82) is 0 Å². The molecule has 1 rings (SSSR count). The van der Waals surface area contributed by atoms with Crippen molar-refractivity contribution in [3.8, 4) is 0 Å². The zero-order valence-corrected chi connectivity index (χ0v) is 6.23. The van der Waals surface area contributed by atoms with E-state index in [-0.39, 0.29) is 0 Å². The summed E-state index contributed by atoms with van der Waals surface area (Å²) in [7, 11) is 3.56. The molecule has 1 aromatic rings. The Morgan fingerprint density at radius 3 is 1.70 bits per heavy atom. The van der Waals surface area contributed by atoms with E-state index in [2.05, 4.69) is 9.97 Å². The molecule has 1 aromatic heterocycles. The van der Waals surface area contributed by atoms with Crippen LogP contribution in [0.25, 0.3) is 0 Å². The first-order valence-corrected chi connectivity index (χ1v) is 2.85. The van der Waals surface area contributed by atoms with Gasteiger partial charge in [0.1, 0.15) is 6.33 Å². The van der Waals surface area contributed by atoms with Gasteiger partial charge in [-0.15, -0.1) is 0 Å². The van der Waals surface area contributed by atoms with E-state index in [1.54, 1.807) is 32.6 Å². The van der Waals surface area contributed by atoms with Crippen molar-refractivity contribution < 1.29 is 0 Å². The first-order chi connectivity index (χ1) is 4.73. The summed E-state index contributed by atoms with van der Waals surface area (Å²) in [6.07, 6.45) is 4.88. The molecule has 10 heavy (non-hydrogen) atoms. The summed E-state index contributed by atoms with van der Waals surface area (Å²) < 4.78 is 0. The van der Waals surface area contributed by atoms with Gasteiger partial charge in [-0.25, -0.2) is 9.97 Å². The zero-order valence-electron chi connectivity index (χ0n) is 6.23. The molecule has 0 unspecified atom stereocenters. The molecule has 0 spiro atoms. The standard InChI is InChI=1S/C4H4N2.C2H8N2/c1-2-5-4-6-3-1;1-4(2)3/h1-4H;3H2,1-2H3. The van der Waals surface area contributed by atoms with E-state index in [1.807, 2.05) is 0 Å². The van der Waals surface area contributed by atoms with Crippen molar-refractivity contribution in [2.24, 2.45) is 5.84 Å². The number of aromatic nitrogens is 2. The van der Waals surface area contributed by atoms with E-state index in [4.69, 9.17) is 5.84 Å². The average molecular weight is 140 g/mol. The van der Waals surface area contributed by atoms with E-state index in [9.17, 15) is 0 Å². The summed E-state index contributed by atoms with van der Waals surface area (Å²) in [5.41, 5.74) is 0. The molecule has 0 saturated carbocycles. The number of rotatable bonds is 0. The van der Waals surface area contributed by atoms with Gasteiger partial charge in [-0.1, -0.05) is 0 Å². The largest absolute Gasteiger partial charge is 0.269 e. The third kappa shape index (κ3) is 10.1. The second kappa shape index (κ2) is 6.12. The van der Waals surface area contributed by atoms with Gasteiger partial charge in [-0.05, 0) is 6.07 Å². The van der Waals surface area contributed by atoms with E-state index in [1.165, 1.54) is 11.3 Å². The highest BCUT2D eigenvalue weighted by Gasteiger charge is 1.59. The van der Waals surface area contributed by atoms with Gasteiger partial charge in [0.25, 0.3) is 0 Å². The van der Waals surface area contributed by atoms with E-state index in [0.717, 1.165) is 0 Å². The molecule has 0 atom stereocenters. The first-order valence-electron chi connectivity index (χ1n) is 2.85. The number of hydrogen-bond acceptors (Lipinski definition) is 4. The molecule has 0 radical (unpaired) electrons. The lowest BCUT2D eigenvalue weighted by atomic mass is 10.7. The quantitative estimate of drug-likeness (QED) is 0.404. The number of nitrogens with zero attached hydrogens (tertiary/aromatic N) is 3. The molecule has 4 heteroatoms. The topological polar surface area (TPSA) is 55.0 Å². The number of hydrogen-bond donors (Lipinski definition) is 1. The minimum atomic E-state index is 1.50. The smallest absolute Gasteiger partial charge is 0.115 e. The van der Waals surface area contributed by atoms with Crippen molar-refractivity contribution in [2.45, 2.75) is 0 Å². The molecule has 0 aromatic carbocycles. The van der Waals surface area contributed by atoms with Crippen molar-refractivity contribution in [3.63, 3.8) is 0 Å². The van der Waals surface area contributed by atoms with Crippen molar-refractivity contribution in [3.05, 3.63) is 24.8 Å². The molecule has 0 amide bonds. The normalized spacial score (nSPS) is 8.40. The van der Waals surface area contributed by atoms with Gasteiger partial charge in [-0.2, -0.15) is 0 Å². The maximum Gasteiger partial charge on any atom is 0.115 e. The Bertz CT molecular complexity index is 110. The fourth-order valence-corrected chi connectivity index (χ4v) is 0.253. The lowest BCUT2D eigenvalue weighted by molar-refractivity contribution is 0.432. The fraction of sp³-hybridized carbons (Fsp3) is 0.333. The monoisotopic (exact) mass is 140 g/mol. The van der Waals surface area contributed by atoms with Crippen LogP contribution in [-0.4, -0.2) is 29.1 Å². The van der Waals surface area contributed by atoms with Crippen LogP contribution in [0.5, 0.6) is 0 Å². The predicted molar refractivity (Wildman–Crippen MR) is 39.9 cm³/mol. The molecule has 0 aliphatic carbocycles. The van der Waals surface area contributed by atoms with Crippen LogP contribution in [0, 0.1) is 0 Å². The Morgan fingerprint density at radius 2 is 1.60 bits per heavy atom. The SMILES string of the molecule is CN(C)N.c1cncnc1. The average Bonchev–Trinajstić information content (AvgIpc) is 1.90. The van der Waals surface area contributed by atoms with E-state index in [0.29, 0.717) is 0 Å². The second-order valence-electron chi connectivity index (χ2n) is 1.87. The molecular formula is C6H12N4. The van der Waals surface area contributed by atoms with Crippen LogP contribution in [0.2, 0.25) is 0 Å². The van der Waals surface area contributed by atoms with Crippen molar-refractivity contribution in [2.75, 3.05) is 14.1 Å². The maximum absolute atomic E-state index is 4.94. The minimum Gasteiger partial charge on any atom is -0.269 e. The Balaban J connectivity index is 0.000000180. The van der Waals surface area contributed by atoms with Gasteiger partial charge in [0.2, 0.25) is 0 Å². The first kappa shape index (κ1) is 9.00. The molecule has 0 aliphatic rings. The van der Waals surface area contributed by atoms with E-state index < -0.39 is 0 Å². The van der Waals surface area contributed by atoms with Crippen LogP contribution in [0.3, 0.4) is 0 Å². The van der Waals surface area contributed by atoms with Gasteiger partial charge < -0.3 is 0 Å². The number of hydrazine groups is 1. The van der Waals surface area contributed by atoms with Crippen LogP contribution in [-0.2, 0) is 0 Å². The van der Waals surface area contributed by atoms with Gasteiger partial charge >= 0.3 is 0 Å². The van der Waals surface area contributed by atoms with Gasteiger partial charge in [0.15, 0.2) is 0 Å². The highest BCUT2D eigenvalue weighted by atomic mass is 15.4. The molecule has 2 N–H and O–H groups in total. The van der Waals surface area contributed by atoms with Crippen molar-refractivity contribution in [1.82, 2.24) is 15.0 Å². The molecule has 56 valence electrons. The van der Waals surface area contributed by atoms with Crippen LogP contribution >= 0.6 is 0 Å².